The van der Waals surface area contributed by atoms with Crippen molar-refractivity contribution in [1.82, 2.24) is 14.5 Å². The number of anilines is 1. The molecule has 128 valence electrons. The summed E-state index contributed by atoms with van der Waals surface area (Å²) in [5.41, 5.74) is 1.72. The van der Waals surface area contributed by atoms with Crippen molar-refractivity contribution in [1.29, 1.82) is 0 Å². The van der Waals surface area contributed by atoms with Crippen LogP contribution in [0.4, 0.5) is 5.82 Å². The van der Waals surface area contributed by atoms with E-state index in [1.165, 1.54) is 10.4 Å². The Bertz CT molecular complexity index is 832. The van der Waals surface area contributed by atoms with Gasteiger partial charge in [0.25, 0.3) is 0 Å². The van der Waals surface area contributed by atoms with Gasteiger partial charge >= 0.3 is 0 Å². The number of halogens is 1. The van der Waals surface area contributed by atoms with Gasteiger partial charge < -0.3 is 4.90 Å². The van der Waals surface area contributed by atoms with Crippen LogP contribution in [0.25, 0.3) is 0 Å². The molecule has 0 aliphatic carbocycles. The summed E-state index contributed by atoms with van der Waals surface area (Å²) in [6, 6.07) is 8.66. The molecule has 8 heteroatoms. The lowest BCUT2D eigenvalue weighted by Gasteiger charge is -2.34. The lowest BCUT2D eigenvalue weighted by Crippen LogP contribution is -2.49. The minimum atomic E-state index is -3.53. The summed E-state index contributed by atoms with van der Waals surface area (Å²) in [4.78, 5) is 2.28. The van der Waals surface area contributed by atoms with Crippen molar-refractivity contribution in [3.8, 4) is 0 Å². The number of piperazine rings is 1. The Balaban J connectivity index is 1.73. The molecule has 1 fully saturated rings. The number of nitrogens with zero attached hydrogens (tertiary/aromatic N) is 4. The fourth-order valence-corrected chi connectivity index (χ4v) is 4.30. The predicted molar refractivity (Wildman–Crippen MR) is 93.9 cm³/mol. The lowest BCUT2D eigenvalue weighted by molar-refractivity contribution is 0.383. The zero-order valence-corrected chi connectivity index (χ0v) is 15.2. The van der Waals surface area contributed by atoms with E-state index in [9.17, 15) is 8.42 Å². The monoisotopic (exact) mass is 366 g/mol. The van der Waals surface area contributed by atoms with E-state index < -0.39 is 10.0 Å². The van der Waals surface area contributed by atoms with Gasteiger partial charge in [-0.05, 0) is 43.7 Å². The van der Waals surface area contributed by atoms with E-state index in [1.807, 2.05) is 30.9 Å². The van der Waals surface area contributed by atoms with E-state index in [4.69, 9.17) is 11.6 Å². The van der Waals surface area contributed by atoms with Crippen LogP contribution in [0.1, 0.15) is 11.3 Å². The minimum absolute atomic E-state index is 0.238. The average Bonchev–Trinajstić information content (AvgIpc) is 2.58. The van der Waals surface area contributed by atoms with Crippen LogP contribution >= 0.6 is 11.6 Å². The summed E-state index contributed by atoms with van der Waals surface area (Å²) in [5.74, 6) is 0.774. The topological polar surface area (TPSA) is 66.4 Å². The van der Waals surface area contributed by atoms with E-state index >= 15 is 0 Å². The first-order valence-electron chi connectivity index (χ1n) is 7.69. The van der Waals surface area contributed by atoms with Crippen LogP contribution in [0, 0.1) is 13.8 Å². The molecule has 0 radical (unpaired) electrons. The number of hydrogen-bond acceptors (Lipinski definition) is 5. The van der Waals surface area contributed by atoms with Gasteiger partial charge in [-0.3, -0.25) is 0 Å². The molecule has 0 amide bonds. The van der Waals surface area contributed by atoms with Crippen molar-refractivity contribution in [3.05, 3.63) is 46.6 Å². The predicted octanol–water partition coefficient (Wildman–Crippen LogP) is 2.26. The van der Waals surface area contributed by atoms with Crippen molar-refractivity contribution >= 4 is 27.4 Å². The maximum absolute atomic E-state index is 12.8. The summed E-state index contributed by atoms with van der Waals surface area (Å²) >= 11 is 6.07. The average molecular weight is 367 g/mol. The molecule has 0 saturated carbocycles. The molecule has 2 heterocycles. The SMILES string of the molecule is Cc1ccc(N2CCN(S(=O)(=O)c3ccc(C)c(Cl)c3)CC2)nn1. The van der Waals surface area contributed by atoms with E-state index in [1.54, 1.807) is 12.1 Å². The Kier molecular flexibility index (Phi) is 4.76. The summed E-state index contributed by atoms with van der Waals surface area (Å²) in [7, 11) is -3.53. The molecule has 0 bridgehead atoms. The Morgan fingerprint density at radius 1 is 1.00 bits per heavy atom. The molecule has 1 aromatic heterocycles. The molecule has 1 aromatic carbocycles. The second-order valence-corrected chi connectivity index (χ2v) is 8.18. The minimum Gasteiger partial charge on any atom is -0.352 e. The number of rotatable bonds is 3. The third-order valence-corrected chi connectivity index (χ3v) is 6.43. The normalized spacial score (nSPS) is 16.4. The van der Waals surface area contributed by atoms with Crippen molar-refractivity contribution in [2.24, 2.45) is 0 Å². The standard InChI is InChI=1S/C16H19ClN4O2S/c1-12-3-5-14(11-15(12)17)24(22,23)21-9-7-20(8-10-21)16-6-4-13(2)18-19-16/h3-6,11H,7-10H2,1-2H3. The molecule has 6 nitrogen and oxygen atoms in total. The molecule has 1 aliphatic rings. The lowest BCUT2D eigenvalue weighted by atomic mass is 10.2. The molecule has 0 spiro atoms. The quantitative estimate of drug-likeness (QED) is 0.833. The molecular formula is C16H19ClN4O2S. The summed E-state index contributed by atoms with van der Waals surface area (Å²) in [6.45, 7) is 5.70. The van der Waals surface area contributed by atoms with Gasteiger partial charge in [-0.15, -0.1) is 5.10 Å². The van der Waals surface area contributed by atoms with Crippen LogP contribution in [-0.4, -0.2) is 49.1 Å². The maximum atomic E-state index is 12.8. The molecular weight excluding hydrogens is 348 g/mol. The zero-order valence-electron chi connectivity index (χ0n) is 13.6. The number of sulfonamides is 1. The largest absolute Gasteiger partial charge is 0.352 e. The highest BCUT2D eigenvalue weighted by atomic mass is 35.5. The van der Waals surface area contributed by atoms with E-state index in [0.717, 1.165) is 17.1 Å². The number of aromatic nitrogens is 2. The number of benzene rings is 1. The molecule has 2 aromatic rings. The van der Waals surface area contributed by atoms with E-state index in [-0.39, 0.29) is 4.90 Å². The summed E-state index contributed by atoms with van der Waals surface area (Å²) in [5, 5.41) is 8.67. The van der Waals surface area contributed by atoms with Crippen molar-refractivity contribution in [2.75, 3.05) is 31.1 Å². The van der Waals surface area contributed by atoms with Crippen molar-refractivity contribution in [2.45, 2.75) is 18.7 Å². The van der Waals surface area contributed by atoms with E-state index in [2.05, 4.69) is 10.2 Å². The van der Waals surface area contributed by atoms with Gasteiger partial charge in [-0.1, -0.05) is 17.7 Å². The zero-order chi connectivity index (χ0) is 17.3. The van der Waals surface area contributed by atoms with Crippen LogP contribution in [0.15, 0.2) is 35.2 Å². The van der Waals surface area contributed by atoms with Gasteiger partial charge in [0.15, 0.2) is 5.82 Å². The third kappa shape index (κ3) is 3.38. The van der Waals surface area contributed by atoms with Gasteiger partial charge in [0.1, 0.15) is 0 Å². The van der Waals surface area contributed by atoms with Crippen LogP contribution in [0.2, 0.25) is 5.02 Å². The van der Waals surface area contributed by atoms with Crippen LogP contribution in [-0.2, 0) is 10.0 Å². The highest BCUT2D eigenvalue weighted by Gasteiger charge is 2.29. The van der Waals surface area contributed by atoms with Crippen LogP contribution in [0.5, 0.6) is 0 Å². The number of hydrogen-bond donors (Lipinski definition) is 0. The first-order chi connectivity index (χ1) is 11.4. The highest BCUT2D eigenvalue weighted by molar-refractivity contribution is 7.89. The third-order valence-electron chi connectivity index (χ3n) is 4.13. The molecule has 0 N–H and O–H groups in total. The molecule has 3 rings (SSSR count). The van der Waals surface area contributed by atoms with Gasteiger partial charge in [0.2, 0.25) is 10.0 Å². The van der Waals surface area contributed by atoms with E-state index in [0.29, 0.717) is 31.2 Å². The Morgan fingerprint density at radius 2 is 1.71 bits per heavy atom. The van der Waals surface area contributed by atoms with Crippen LogP contribution < -0.4 is 4.90 Å². The molecule has 24 heavy (non-hydrogen) atoms. The molecule has 0 atom stereocenters. The van der Waals surface area contributed by atoms with Crippen molar-refractivity contribution in [3.63, 3.8) is 0 Å². The van der Waals surface area contributed by atoms with Crippen LogP contribution in [0.3, 0.4) is 0 Å². The smallest absolute Gasteiger partial charge is 0.243 e. The maximum Gasteiger partial charge on any atom is 0.243 e. The Labute approximate surface area is 147 Å². The fraction of sp³-hybridized carbons (Fsp3) is 0.375. The summed E-state index contributed by atoms with van der Waals surface area (Å²) in [6.07, 6.45) is 0. The molecule has 1 aliphatic heterocycles. The van der Waals surface area contributed by atoms with Gasteiger partial charge in [0.05, 0.1) is 10.6 Å². The molecule has 1 saturated heterocycles. The fourth-order valence-electron chi connectivity index (χ4n) is 2.60. The van der Waals surface area contributed by atoms with Gasteiger partial charge in [0, 0.05) is 31.2 Å². The van der Waals surface area contributed by atoms with Crippen molar-refractivity contribution < 1.29 is 8.42 Å². The van der Waals surface area contributed by atoms with Gasteiger partial charge in [-0.25, -0.2) is 8.42 Å². The van der Waals surface area contributed by atoms with Gasteiger partial charge in [-0.2, -0.15) is 9.40 Å². The second-order valence-electron chi connectivity index (χ2n) is 5.84. The highest BCUT2D eigenvalue weighted by Crippen LogP contribution is 2.24. The number of aryl methyl sites for hydroxylation is 2. The second kappa shape index (κ2) is 6.66. The summed E-state index contributed by atoms with van der Waals surface area (Å²) < 4.78 is 27.0. The Hall–Kier alpha value is -1.70. The molecule has 0 unspecified atom stereocenters. The Morgan fingerprint density at radius 3 is 2.29 bits per heavy atom. The first-order valence-corrected chi connectivity index (χ1v) is 9.51. The first kappa shape index (κ1) is 17.1.